The van der Waals surface area contributed by atoms with Crippen LogP contribution in [0.1, 0.15) is 37.7 Å². The number of non-ortho nitro benzene ring substituents is 1. The SMILES string of the molecule is Cc1cc([N+](=O)[O-])ccc1NC(=O)C[C@@H]1N[C@H]2CCCC[C@H]2NC1=O. The van der Waals surface area contributed by atoms with Crippen molar-refractivity contribution < 1.29 is 14.5 Å². The van der Waals surface area contributed by atoms with E-state index in [-0.39, 0.29) is 36.0 Å². The molecule has 1 aromatic rings. The van der Waals surface area contributed by atoms with E-state index in [4.69, 9.17) is 0 Å². The average molecular weight is 346 g/mol. The molecule has 1 aromatic carbocycles. The standard InChI is InChI=1S/C17H22N4O4/c1-10-8-11(21(24)25)6-7-12(10)19-16(22)9-15-17(23)20-14-5-3-2-4-13(14)18-15/h6-8,13-15,18H,2-5,9H2,1H3,(H,19,22)(H,20,23)/t13-,14+,15-/m0/s1. The Morgan fingerprint density at radius 3 is 2.72 bits per heavy atom. The van der Waals surface area contributed by atoms with Crippen molar-refractivity contribution in [1.29, 1.82) is 0 Å². The molecule has 134 valence electrons. The van der Waals surface area contributed by atoms with Crippen molar-refractivity contribution in [1.82, 2.24) is 10.6 Å². The predicted molar refractivity (Wildman–Crippen MR) is 92.2 cm³/mol. The summed E-state index contributed by atoms with van der Waals surface area (Å²) in [6.45, 7) is 1.70. The lowest BCUT2D eigenvalue weighted by Crippen LogP contribution is -2.65. The van der Waals surface area contributed by atoms with Crippen LogP contribution in [0.3, 0.4) is 0 Å². The van der Waals surface area contributed by atoms with E-state index in [1.165, 1.54) is 18.2 Å². The number of aryl methyl sites for hydroxylation is 1. The van der Waals surface area contributed by atoms with Crippen LogP contribution in [0.5, 0.6) is 0 Å². The Morgan fingerprint density at radius 1 is 1.32 bits per heavy atom. The monoisotopic (exact) mass is 346 g/mol. The van der Waals surface area contributed by atoms with E-state index in [1.54, 1.807) is 6.92 Å². The minimum atomic E-state index is -0.544. The summed E-state index contributed by atoms with van der Waals surface area (Å²) in [4.78, 5) is 34.8. The third-order valence-electron chi connectivity index (χ3n) is 4.91. The van der Waals surface area contributed by atoms with Gasteiger partial charge in [-0.2, -0.15) is 0 Å². The molecule has 0 unspecified atom stereocenters. The van der Waals surface area contributed by atoms with Crippen LogP contribution in [0.4, 0.5) is 11.4 Å². The van der Waals surface area contributed by atoms with E-state index < -0.39 is 11.0 Å². The maximum atomic E-state index is 12.3. The van der Waals surface area contributed by atoms with E-state index in [9.17, 15) is 19.7 Å². The highest BCUT2D eigenvalue weighted by molar-refractivity contribution is 5.96. The Hall–Kier alpha value is -2.48. The van der Waals surface area contributed by atoms with Gasteiger partial charge in [0, 0.05) is 29.9 Å². The maximum Gasteiger partial charge on any atom is 0.269 e. The molecule has 0 bridgehead atoms. The largest absolute Gasteiger partial charge is 0.350 e. The Morgan fingerprint density at radius 2 is 2.04 bits per heavy atom. The number of benzene rings is 1. The summed E-state index contributed by atoms with van der Waals surface area (Å²) in [7, 11) is 0. The van der Waals surface area contributed by atoms with Crippen LogP contribution in [-0.4, -0.2) is 34.9 Å². The molecule has 3 rings (SSSR count). The first-order valence-corrected chi connectivity index (χ1v) is 8.55. The number of amides is 2. The number of fused-ring (bicyclic) bond motifs is 1. The second kappa shape index (κ2) is 7.18. The lowest BCUT2D eigenvalue weighted by atomic mass is 9.87. The van der Waals surface area contributed by atoms with Gasteiger partial charge in [-0.15, -0.1) is 0 Å². The van der Waals surface area contributed by atoms with Gasteiger partial charge in [-0.25, -0.2) is 0 Å². The van der Waals surface area contributed by atoms with Crippen molar-refractivity contribution in [2.24, 2.45) is 0 Å². The van der Waals surface area contributed by atoms with Crippen LogP contribution < -0.4 is 16.0 Å². The summed E-state index contributed by atoms with van der Waals surface area (Å²) in [6.07, 6.45) is 4.26. The molecule has 0 aromatic heterocycles. The first-order chi connectivity index (χ1) is 11.9. The maximum absolute atomic E-state index is 12.3. The van der Waals surface area contributed by atoms with Gasteiger partial charge in [0.25, 0.3) is 5.69 Å². The molecular formula is C17H22N4O4. The fourth-order valence-corrected chi connectivity index (χ4v) is 3.56. The highest BCUT2D eigenvalue weighted by Crippen LogP contribution is 2.23. The Kier molecular flexibility index (Phi) is 4.98. The van der Waals surface area contributed by atoms with E-state index in [0.717, 1.165) is 25.7 Å². The summed E-state index contributed by atoms with van der Waals surface area (Å²) < 4.78 is 0. The molecule has 2 aliphatic rings. The zero-order chi connectivity index (χ0) is 18.0. The highest BCUT2D eigenvalue weighted by Gasteiger charge is 2.36. The Balaban J connectivity index is 1.60. The van der Waals surface area contributed by atoms with E-state index in [1.807, 2.05) is 0 Å². The van der Waals surface area contributed by atoms with Gasteiger partial charge < -0.3 is 16.0 Å². The normalized spacial score (nSPS) is 25.6. The molecule has 1 saturated heterocycles. The first kappa shape index (κ1) is 17.3. The second-order valence-electron chi connectivity index (χ2n) is 6.73. The fraction of sp³-hybridized carbons (Fsp3) is 0.529. The zero-order valence-corrected chi connectivity index (χ0v) is 14.1. The van der Waals surface area contributed by atoms with E-state index >= 15 is 0 Å². The number of nitrogens with zero attached hydrogens (tertiary/aromatic N) is 1. The summed E-state index contributed by atoms with van der Waals surface area (Å²) in [5.74, 6) is -0.433. The highest BCUT2D eigenvalue weighted by atomic mass is 16.6. The molecule has 0 spiro atoms. The van der Waals surface area contributed by atoms with Crippen LogP contribution in [0.2, 0.25) is 0 Å². The molecule has 25 heavy (non-hydrogen) atoms. The van der Waals surface area contributed by atoms with E-state index in [2.05, 4.69) is 16.0 Å². The Bertz CT molecular complexity index is 706. The number of nitrogens with one attached hydrogen (secondary N) is 3. The molecule has 1 saturated carbocycles. The van der Waals surface area contributed by atoms with Crippen molar-refractivity contribution in [3.8, 4) is 0 Å². The molecule has 0 radical (unpaired) electrons. The van der Waals surface area contributed by atoms with Crippen LogP contribution in [0, 0.1) is 17.0 Å². The average Bonchev–Trinajstić information content (AvgIpc) is 2.57. The van der Waals surface area contributed by atoms with Crippen molar-refractivity contribution in [3.05, 3.63) is 33.9 Å². The van der Waals surface area contributed by atoms with Gasteiger partial charge in [-0.05, 0) is 31.4 Å². The number of hydrogen-bond donors (Lipinski definition) is 3. The summed E-state index contributed by atoms with van der Waals surface area (Å²) in [6, 6.07) is 4.12. The molecule has 3 N–H and O–H groups in total. The van der Waals surface area contributed by atoms with Crippen molar-refractivity contribution in [2.75, 3.05) is 5.32 Å². The topological polar surface area (TPSA) is 113 Å². The number of hydrogen-bond acceptors (Lipinski definition) is 5. The molecule has 8 nitrogen and oxygen atoms in total. The van der Waals surface area contributed by atoms with Crippen LogP contribution >= 0.6 is 0 Å². The second-order valence-corrected chi connectivity index (χ2v) is 6.73. The fourth-order valence-electron chi connectivity index (χ4n) is 3.56. The number of carbonyl (C=O) groups excluding carboxylic acids is 2. The molecule has 3 atom stereocenters. The summed E-state index contributed by atoms with van der Waals surface area (Å²) in [5.41, 5.74) is 1.10. The molecule has 1 aliphatic carbocycles. The lowest BCUT2D eigenvalue weighted by Gasteiger charge is -2.40. The van der Waals surface area contributed by atoms with Crippen molar-refractivity contribution in [2.45, 2.75) is 57.2 Å². The minimum absolute atomic E-state index is 0.0211. The van der Waals surface area contributed by atoms with Gasteiger partial charge in [-0.3, -0.25) is 19.7 Å². The van der Waals surface area contributed by atoms with Gasteiger partial charge in [0.05, 0.1) is 17.4 Å². The molecule has 8 heteroatoms. The number of nitro benzene ring substituents is 1. The minimum Gasteiger partial charge on any atom is -0.350 e. The first-order valence-electron chi connectivity index (χ1n) is 8.55. The van der Waals surface area contributed by atoms with Crippen LogP contribution in [0.15, 0.2) is 18.2 Å². The number of anilines is 1. The van der Waals surface area contributed by atoms with Gasteiger partial charge in [0.1, 0.15) is 0 Å². The van der Waals surface area contributed by atoms with Crippen LogP contribution in [0.25, 0.3) is 0 Å². The quantitative estimate of drug-likeness (QED) is 0.566. The lowest BCUT2D eigenvalue weighted by molar-refractivity contribution is -0.384. The number of piperazine rings is 1. The van der Waals surface area contributed by atoms with Gasteiger partial charge >= 0.3 is 0 Å². The van der Waals surface area contributed by atoms with Crippen molar-refractivity contribution in [3.63, 3.8) is 0 Å². The zero-order valence-electron chi connectivity index (χ0n) is 14.1. The smallest absolute Gasteiger partial charge is 0.269 e. The third-order valence-corrected chi connectivity index (χ3v) is 4.91. The van der Waals surface area contributed by atoms with Crippen molar-refractivity contribution >= 4 is 23.2 Å². The Labute approximate surface area is 145 Å². The van der Waals surface area contributed by atoms with Gasteiger partial charge in [0.15, 0.2) is 0 Å². The summed E-state index contributed by atoms with van der Waals surface area (Å²) in [5, 5.41) is 19.8. The third kappa shape index (κ3) is 3.96. The molecule has 1 aliphatic heterocycles. The molecule has 2 amide bonds. The number of carbonyl (C=O) groups is 2. The summed E-state index contributed by atoms with van der Waals surface area (Å²) >= 11 is 0. The number of nitro groups is 1. The van der Waals surface area contributed by atoms with Crippen LogP contribution in [-0.2, 0) is 9.59 Å². The van der Waals surface area contributed by atoms with E-state index in [0.29, 0.717) is 11.3 Å². The number of rotatable bonds is 4. The van der Waals surface area contributed by atoms with Gasteiger partial charge in [0.2, 0.25) is 11.8 Å². The predicted octanol–water partition coefficient (Wildman–Crippen LogP) is 1.63. The molecule has 1 heterocycles. The molecular weight excluding hydrogens is 324 g/mol. The van der Waals surface area contributed by atoms with Gasteiger partial charge in [-0.1, -0.05) is 12.8 Å². The molecule has 2 fully saturated rings.